The monoisotopic (exact) mass is 682 g/mol. The number of methoxy groups -OCH3 is 1. The van der Waals surface area contributed by atoms with Gasteiger partial charge >= 0.3 is 6.01 Å². The van der Waals surface area contributed by atoms with Crippen LogP contribution in [0.15, 0.2) is 40.0 Å². The fraction of sp³-hybridized carbons (Fsp3) is 0.611. The summed E-state index contributed by atoms with van der Waals surface area (Å²) >= 11 is 6.63. The molecule has 1 aromatic carbocycles. The summed E-state index contributed by atoms with van der Waals surface area (Å²) in [5.74, 6) is 0.486. The number of aromatic nitrogens is 2. The highest BCUT2D eigenvalue weighted by Gasteiger charge is 2.35. The number of likely N-dealkylation sites (N-methyl/N-ethyl adjacent to an activating group) is 2. The number of anilines is 1. The number of carbonyl (C=O) groups is 1. The Morgan fingerprint density at radius 1 is 1.15 bits per heavy atom. The largest absolute Gasteiger partial charge is 0.467 e. The minimum absolute atomic E-state index is 0.00434. The Labute approximate surface area is 290 Å². The van der Waals surface area contributed by atoms with E-state index in [-0.39, 0.29) is 22.7 Å². The number of alkyl halides is 1. The van der Waals surface area contributed by atoms with E-state index in [9.17, 15) is 9.18 Å². The molecule has 48 heavy (non-hydrogen) atoms. The fourth-order valence-corrected chi connectivity index (χ4v) is 7.62. The molecule has 262 valence electrons. The molecule has 3 unspecified atom stereocenters. The first-order valence-electron chi connectivity index (χ1n) is 17.4. The third-order valence-electron chi connectivity index (χ3n) is 9.88. The number of amides is 1. The molecule has 2 N–H and O–H groups in total. The molecule has 12 heteroatoms. The van der Waals surface area contributed by atoms with Gasteiger partial charge in [0.05, 0.1) is 30.1 Å². The van der Waals surface area contributed by atoms with Crippen LogP contribution in [0.3, 0.4) is 0 Å². The average Bonchev–Trinajstić information content (AvgIpc) is 3.58. The molecule has 0 radical (unpaired) electrons. The van der Waals surface area contributed by atoms with Gasteiger partial charge in [0, 0.05) is 64.3 Å². The second-order valence-corrected chi connectivity index (χ2v) is 13.7. The normalized spacial score (nSPS) is 23.3. The van der Waals surface area contributed by atoms with Gasteiger partial charge in [-0.15, -0.1) is 0 Å². The summed E-state index contributed by atoms with van der Waals surface area (Å²) in [6, 6.07) is 9.95. The van der Waals surface area contributed by atoms with E-state index >= 15 is 0 Å². The van der Waals surface area contributed by atoms with Gasteiger partial charge in [0.2, 0.25) is 0 Å². The van der Waals surface area contributed by atoms with Gasteiger partial charge in [-0.25, -0.2) is 4.39 Å². The molecule has 10 nitrogen and oxygen atoms in total. The maximum Gasteiger partial charge on any atom is 0.318 e. The van der Waals surface area contributed by atoms with Gasteiger partial charge in [0.1, 0.15) is 17.7 Å². The maximum absolute atomic E-state index is 12.6. The summed E-state index contributed by atoms with van der Waals surface area (Å²) in [6.45, 7) is 9.63. The van der Waals surface area contributed by atoms with Crippen molar-refractivity contribution in [1.29, 1.82) is 0 Å². The quantitative estimate of drug-likeness (QED) is 0.393. The molecule has 4 aliphatic heterocycles. The highest BCUT2D eigenvalue weighted by molar-refractivity contribution is 6.45. The number of fused-ring (bicyclic) bond motifs is 2. The number of hydrogen-bond donors (Lipinski definition) is 1. The Bertz CT molecular complexity index is 1490. The number of rotatable bonds is 8. The first-order chi connectivity index (χ1) is 23.1. The molecule has 2 aromatic rings. The van der Waals surface area contributed by atoms with Crippen LogP contribution in [0.2, 0.25) is 0 Å². The molecule has 3 atom stereocenters. The smallest absolute Gasteiger partial charge is 0.318 e. The number of ether oxygens (including phenoxy) is 1. The van der Waals surface area contributed by atoms with Crippen molar-refractivity contribution >= 4 is 29.0 Å². The van der Waals surface area contributed by atoms with Gasteiger partial charge in [-0.2, -0.15) is 9.97 Å². The van der Waals surface area contributed by atoms with E-state index in [1.165, 1.54) is 28.9 Å². The SMILES string of the molecule is CCCc1ccccc1C1Cc2nc(OC)nc(N3CCCN=C(/C(Cl)=C(\N)C(=O)N(C)C)C3)c2CN1CC.FC1CC2CCCN2C1. The van der Waals surface area contributed by atoms with Crippen molar-refractivity contribution in [2.45, 2.75) is 83.6 Å². The van der Waals surface area contributed by atoms with Crippen LogP contribution in [0.25, 0.3) is 0 Å². The number of nitrogens with zero attached hydrogens (tertiary/aromatic N) is 7. The molecule has 0 bridgehead atoms. The maximum atomic E-state index is 12.6. The van der Waals surface area contributed by atoms with E-state index in [1.807, 2.05) is 0 Å². The van der Waals surface area contributed by atoms with Gasteiger partial charge in [0.15, 0.2) is 0 Å². The zero-order valence-corrected chi connectivity index (χ0v) is 30.0. The van der Waals surface area contributed by atoms with Crippen molar-refractivity contribution in [2.75, 3.05) is 65.4 Å². The number of halogens is 2. The van der Waals surface area contributed by atoms with Crippen molar-refractivity contribution < 1.29 is 13.9 Å². The third kappa shape index (κ3) is 8.12. The highest BCUT2D eigenvalue weighted by Crippen LogP contribution is 2.38. The molecule has 0 aliphatic carbocycles. The second-order valence-electron chi connectivity index (χ2n) is 13.3. The lowest BCUT2D eigenvalue weighted by molar-refractivity contribution is -0.124. The first-order valence-corrected chi connectivity index (χ1v) is 17.8. The van der Waals surface area contributed by atoms with Crippen LogP contribution in [-0.4, -0.2) is 109 Å². The Kier molecular flexibility index (Phi) is 12.3. The van der Waals surface area contributed by atoms with Crippen LogP contribution in [0, 0.1) is 0 Å². The Hall–Kier alpha value is -3.28. The zero-order valence-electron chi connectivity index (χ0n) is 29.2. The molecule has 2 fully saturated rings. The molecular formula is C36H52ClFN8O2. The Balaban J connectivity index is 0.000000427. The van der Waals surface area contributed by atoms with Crippen LogP contribution >= 0.6 is 11.6 Å². The molecule has 2 saturated heterocycles. The number of benzene rings is 1. The predicted octanol–water partition coefficient (Wildman–Crippen LogP) is 4.90. The van der Waals surface area contributed by atoms with E-state index in [0.717, 1.165) is 75.4 Å². The van der Waals surface area contributed by atoms with Crippen LogP contribution < -0.4 is 15.4 Å². The highest BCUT2D eigenvalue weighted by atomic mass is 35.5. The van der Waals surface area contributed by atoms with E-state index in [0.29, 0.717) is 37.4 Å². The lowest BCUT2D eigenvalue weighted by atomic mass is 9.89. The molecule has 1 amide bonds. The van der Waals surface area contributed by atoms with Crippen molar-refractivity contribution in [1.82, 2.24) is 24.7 Å². The summed E-state index contributed by atoms with van der Waals surface area (Å²) in [7, 11) is 4.89. The molecule has 0 spiro atoms. The minimum atomic E-state index is -0.518. The predicted molar refractivity (Wildman–Crippen MR) is 191 cm³/mol. The average molecular weight is 683 g/mol. The number of nitrogens with two attached hydrogens (primary N) is 1. The van der Waals surface area contributed by atoms with E-state index in [1.54, 1.807) is 21.2 Å². The summed E-state index contributed by atoms with van der Waals surface area (Å²) in [5, 5.41) is 0.193. The minimum Gasteiger partial charge on any atom is -0.467 e. The molecule has 1 aromatic heterocycles. The van der Waals surface area contributed by atoms with Crippen LogP contribution in [0.5, 0.6) is 6.01 Å². The van der Waals surface area contributed by atoms with E-state index < -0.39 is 6.17 Å². The van der Waals surface area contributed by atoms with Gasteiger partial charge in [-0.3, -0.25) is 19.6 Å². The van der Waals surface area contributed by atoms with Crippen molar-refractivity contribution in [2.24, 2.45) is 10.7 Å². The first kappa shape index (κ1) is 36.0. The summed E-state index contributed by atoms with van der Waals surface area (Å²) < 4.78 is 18.2. The molecule has 6 rings (SSSR count). The van der Waals surface area contributed by atoms with Crippen LogP contribution in [0.4, 0.5) is 10.2 Å². The standard InChI is InChI=1S/C29H40ClN7O2.C7H12FN/c1-6-11-19-12-8-9-13-20(19)24-16-22-21(17-36(24)7-2)27(34-29(33-22)39-5)37-15-10-14-32-23(18-37)25(30)26(31)28(38)35(3)4;8-6-4-7-2-1-3-9(7)5-6/h8-9,12-13,24H,6-7,10-11,14-18,31H2,1-5H3;6-7H,1-5H2/b26-25+;. The Morgan fingerprint density at radius 2 is 1.94 bits per heavy atom. The molecular weight excluding hydrogens is 631 g/mol. The van der Waals surface area contributed by atoms with Crippen molar-refractivity contribution in [3.8, 4) is 6.01 Å². The van der Waals surface area contributed by atoms with Gasteiger partial charge < -0.3 is 20.3 Å². The Morgan fingerprint density at radius 3 is 2.65 bits per heavy atom. The lowest BCUT2D eigenvalue weighted by Gasteiger charge is -2.38. The van der Waals surface area contributed by atoms with E-state index in [4.69, 9.17) is 32.0 Å². The number of aliphatic imine (C=N–C) groups is 1. The zero-order chi connectivity index (χ0) is 34.4. The van der Waals surface area contributed by atoms with Gasteiger partial charge in [-0.1, -0.05) is 56.1 Å². The topological polar surface area (TPSA) is 103 Å². The molecule has 4 aliphatic rings. The fourth-order valence-electron chi connectivity index (χ4n) is 7.42. The number of aryl methyl sites for hydroxylation is 1. The van der Waals surface area contributed by atoms with Crippen molar-refractivity contribution in [3.05, 3.63) is 57.4 Å². The van der Waals surface area contributed by atoms with Crippen molar-refractivity contribution in [3.63, 3.8) is 0 Å². The summed E-state index contributed by atoms with van der Waals surface area (Å²) in [5.41, 5.74) is 11.6. The summed E-state index contributed by atoms with van der Waals surface area (Å²) in [4.78, 5) is 35.2. The number of carbonyl (C=O) groups excluding carboxylic acids is 1. The third-order valence-corrected chi connectivity index (χ3v) is 10.3. The molecule has 0 saturated carbocycles. The molecule has 5 heterocycles. The van der Waals surface area contributed by atoms with Gasteiger partial charge in [-0.05, 0) is 56.3 Å². The lowest BCUT2D eigenvalue weighted by Crippen LogP contribution is -2.38. The second kappa shape index (κ2) is 16.4. The number of hydrogen-bond acceptors (Lipinski definition) is 9. The summed E-state index contributed by atoms with van der Waals surface area (Å²) in [6.07, 6.45) is 6.57. The van der Waals surface area contributed by atoms with Crippen LogP contribution in [0.1, 0.15) is 74.4 Å². The van der Waals surface area contributed by atoms with Crippen LogP contribution in [-0.2, 0) is 24.2 Å². The van der Waals surface area contributed by atoms with Gasteiger partial charge in [0.25, 0.3) is 5.91 Å². The van der Waals surface area contributed by atoms with E-state index in [2.05, 4.69) is 57.8 Å².